The van der Waals surface area contributed by atoms with Crippen molar-refractivity contribution in [2.75, 3.05) is 0 Å². The molecule has 1 aromatic heterocycles. The Balaban J connectivity index is 2.04. The van der Waals surface area contributed by atoms with Gasteiger partial charge in [0.25, 0.3) is 0 Å². The Morgan fingerprint density at radius 3 is 2.75 bits per heavy atom. The zero-order valence-electron chi connectivity index (χ0n) is 7.20. The summed E-state index contributed by atoms with van der Waals surface area (Å²) >= 11 is 0. The highest BCUT2D eigenvalue weighted by Crippen LogP contribution is 2.33. The van der Waals surface area contributed by atoms with Gasteiger partial charge in [0.05, 0.1) is 12.3 Å². The van der Waals surface area contributed by atoms with Crippen LogP contribution in [-0.4, -0.2) is 0 Å². The maximum Gasteiger partial charge on any atom is 0.120 e. The molecule has 2 heteroatoms. The predicted octanol–water partition coefficient (Wildman–Crippen LogP) is 2.47. The Kier molecular flexibility index (Phi) is 2.17. The normalized spacial score (nSPS) is 21.4. The minimum Gasteiger partial charge on any atom is -0.468 e. The summed E-state index contributed by atoms with van der Waals surface area (Å²) in [6.45, 7) is 0. The quantitative estimate of drug-likeness (QED) is 0.731. The molecule has 0 amide bonds. The highest BCUT2D eigenvalue weighted by atomic mass is 16.3. The van der Waals surface area contributed by atoms with Crippen molar-refractivity contribution < 1.29 is 4.42 Å². The fraction of sp³-hybridized carbons (Fsp3) is 0.600. The zero-order valence-corrected chi connectivity index (χ0v) is 7.20. The lowest BCUT2D eigenvalue weighted by Gasteiger charge is -2.15. The molecule has 1 heterocycles. The van der Waals surface area contributed by atoms with Gasteiger partial charge in [-0.1, -0.05) is 12.8 Å². The Morgan fingerprint density at radius 2 is 2.17 bits per heavy atom. The van der Waals surface area contributed by atoms with Crippen molar-refractivity contribution in [3.63, 3.8) is 0 Å². The van der Waals surface area contributed by atoms with Gasteiger partial charge in [-0.05, 0) is 30.9 Å². The largest absolute Gasteiger partial charge is 0.468 e. The van der Waals surface area contributed by atoms with E-state index in [1.54, 1.807) is 6.26 Å². The Hall–Kier alpha value is -0.760. The fourth-order valence-corrected chi connectivity index (χ4v) is 2.03. The van der Waals surface area contributed by atoms with Crippen LogP contribution >= 0.6 is 0 Å². The van der Waals surface area contributed by atoms with Gasteiger partial charge < -0.3 is 10.2 Å². The third-order valence-electron chi connectivity index (χ3n) is 2.78. The molecule has 0 spiro atoms. The van der Waals surface area contributed by atoms with Crippen LogP contribution in [0.1, 0.15) is 37.5 Å². The predicted molar refractivity (Wildman–Crippen MR) is 47.6 cm³/mol. The van der Waals surface area contributed by atoms with Crippen LogP contribution in [0.2, 0.25) is 0 Å². The third kappa shape index (κ3) is 1.39. The molecule has 2 nitrogen and oxygen atoms in total. The van der Waals surface area contributed by atoms with Crippen LogP contribution in [0.15, 0.2) is 22.8 Å². The molecule has 0 unspecified atom stereocenters. The number of hydrogen-bond donors (Lipinski definition) is 1. The van der Waals surface area contributed by atoms with Gasteiger partial charge in [-0.2, -0.15) is 0 Å². The first-order chi connectivity index (χ1) is 5.88. The Morgan fingerprint density at radius 1 is 1.42 bits per heavy atom. The number of hydrogen-bond acceptors (Lipinski definition) is 2. The summed E-state index contributed by atoms with van der Waals surface area (Å²) < 4.78 is 5.28. The van der Waals surface area contributed by atoms with Crippen LogP contribution in [0.4, 0.5) is 0 Å². The molecule has 0 aromatic carbocycles. The first-order valence-corrected chi connectivity index (χ1v) is 4.67. The second kappa shape index (κ2) is 3.31. The van der Waals surface area contributed by atoms with Gasteiger partial charge in [-0.25, -0.2) is 0 Å². The summed E-state index contributed by atoms with van der Waals surface area (Å²) in [6, 6.07) is 4.01. The number of furan rings is 1. The molecular formula is C10H15NO. The van der Waals surface area contributed by atoms with Crippen molar-refractivity contribution in [3.8, 4) is 0 Å². The van der Waals surface area contributed by atoms with E-state index < -0.39 is 0 Å². The average Bonchev–Trinajstić information content (AvgIpc) is 2.77. The maximum absolute atomic E-state index is 6.05. The molecule has 2 rings (SSSR count). The van der Waals surface area contributed by atoms with Gasteiger partial charge in [0.15, 0.2) is 0 Å². The topological polar surface area (TPSA) is 39.2 Å². The summed E-state index contributed by atoms with van der Waals surface area (Å²) in [5.74, 6) is 1.60. The number of nitrogens with two attached hydrogens (primary N) is 1. The molecule has 1 aromatic rings. The molecule has 66 valence electrons. The van der Waals surface area contributed by atoms with Crippen molar-refractivity contribution in [2.24, 2.45) is 11.7 Å². The van der Waals surface area contributed by atoms with Gasteiger partial charge in [-0.3, -0.25) is 0 Å². The van der Waals surface area contributed by atoms with E-state index in [9.17, 15) is 0 Å². The van der Waals surface area contributed by atoms with Crippen LogP contribution < -0.4 is 5.73 Å². The fourth-order valence-electron chi connectivity index (χ4n) is 2.03. The molecular weight excluding hydrogens is 150 g/mol. The van der Waals surface area contributed by atoms with Crippen LogP contribution in [0.5, 0.6) is 0 Å². The summed E-state index contributed by atoms with van der Waals surface area (Å²) in [4.78, 5) is 0. The minimum absolute atomic E-state index is 0.127. The molecule has 0 saturated heterocycles. The van der Waals surface area contributed by atoms with E-state index in [1.165, 1.54) is 25.7 Å². The molecule has 1 saturated carbocycles. The lowest BCUT2D eigenvalue weighted by atomic mass is 9.97. The Labute approximate surface area is 72.7 Å². The van der Waals surface area contributed by atoms with Gasteiger partial charge in [0.2, 0.25) is 0 Å². The van der Waals surface area contributed by atoms with Crippen molar-refractivity contribution in [2.45, 2.75) is 31.7 Å². The van der Waals surface area contributed by atoms with E-state index in [1.807, 2.05) is 12.1 Å². The molecule has 0 aliphatic heterocycles. The van der Waals surface area contributed by atoms with Crippen molar-refractivity contribution >= 4 is 0 Å². The average molecular weight is 165 g/mol. The molecule has 1 aliphatic rings. The van der Waals surface area contributed by atoms with E-state index in [4.69, 9.17) is 10.2 Å². The minimum atomic E-state index is 0.127. The van der Waals surface area contributed by atoms with Crippen LogP contribution in [-0.2, 0) is 0 Å². The number of rotatable bonds is 2. The molecule has 1 fully saturated rings. The summed E-state index contributed by atoms with van der Waals surface area (Å²) in [5, 5.41) is 0. The van der Waals surface area contributed by atoms with Crippen LogP contribution in [0.25, 0.3) is 0 Å². The molecule has 1 aliphatic carbocycles. The van der Waals surface area contributed by atoms with E-state index in [2.05, 4.69) is 0 Å². The smallest absolute Gasteiger partial charge is 0.120 e. The lowest BCUT2D eigenvalue weighted by Crippen LogP contribution is -2.18. The first-order valence-electron chi connectivity index (χ1n) is 4.67. The van der Waals surface area contributed by atoms with Crippen molar-refractivity contribution in [3.05, 3.63) is 24.2 Å². The highest BCUT2D eigenvalue weighted by molar-refractivity contribution is 5.05. The molecule has 1 atom stereocenters. The molecule has 0 radical (unpaired) electrons. The maximum atomic E-state index is 6.05. The molecule has 12 heavy (non-hydrogen) atoms. The molecule has 2 N–H and O–H groups in total. The monoisotopic (exact) mass is 165 g/mol. The van der Waals surface area contributed by atoms with Crippen LogP contribution in [0, 0.1) is 5.92 Å². The SMILES string of the molecule is N[C@H](c1ccco1)C1CCCC1. The highest BCUT2D eigenvalue weighted by Gasteiger charge is 2.24. The van der Waals surface area contributed by atoms with E-state index in [0.29, 0.717) is 5.92 Å². The second-order valence-electron chi connectivity index (χ2n) is 3.59. The lowest BCUT2D eigenvalue weighted by molar-refractivity contribution is 0.369. The summed E-state index contributed by atoms with van der Waals surface area (Å²) in [7, 11) is 0. The van der Waals surface area contributed by atoms with E-state index in [0.717, 1.165) is 5.76 Å². The Bertz CT molecular complexity index is 224. The van der Waals surface area contributed by atoms with Gasteiger partial charge in [0.1, 0.15) is 5.76 Å². The van der Waals surface area contributed by atoms with Crippen molar-refractivity contribution in [1.29, 1.82) is 0 Å². The molecule has 0 bridgehead atoms. The zero-order chi connectivity index (χ0) is 8.39. The van der Waals surface area contributed by atoms with Gasteiger partial charge in [0, 0.05) is 0 Å². The standard InChI is InChI=1S/C10H15NO/c11-10(8-4-1-2-5-8)9-6-3-7-12-9/h3,6-8,10H,1-2,4-5,11H2/t10-/m0/s1. The van der Waals surface area contributed by atoms with Crippen LogP contribution in [0.3, 0.4) is 0 Å². The van der Waals surface area contributed by atoms with Crippen molar-refractivity contribution in [1.82, 2.24) is 0 Å². The second-order valence-corrected chi connectivity index (χ2v) is 3.59. The van der Waals surface area contributed by atoms with E-state index in [-0.39, 0.29) is 6.04 Å². The van der Waals surface area contributed by atoms with Gasteiger partial charge in [-0.15, -0.1) is 0 Å². The third-order valence-corrected chi connectivity index (χ3v) is 2.78. The van der Waals surface area contributed by atoms with Gasteiger partial charge >= 0.3 is 0 Å². The summed E-state index contributed by atoms with van der Waals surface area (Å²) in [5.41, 5.74) is 6.05. The first kappa shape index (κ1) is 7.87. The van der Waals surface area contributed by atoms with E-state index >= 15 is 0 Å². The summed E-state index contributed by atoms with van der Waals surface area (Å²) in [6.07, 6.45) is 6.89.